The van der Waals surface area contributed by atoms with Crippen molar-refractivity contribution in [2.45, 2.75) is 19.3 Å². The fourth-order valence-corrected chi connectivity index (χ4v) is 3.26. The lowest BCUT2D eigenvalue weighted by atomic mass is 10.2. The highest BCUT2D eigenvalue weighted by atomic mass is 16.5. The van der Waals surface area contributed by atoms with E-state index in [9.17, 15) is 4.79 Å². The zero-order valence-electron chi connectivity index (χ0n) is 13.6. The fraction of sp³-hybridized carbons (Fsp3) is 0.611. The highest BCUT2D eigenvalue weighted by Gasteiger charge is 2.44. The Morgan fingerprint density at radius 1 is 1.18 bits per heavy atom. The topological polar surface area (TPSA) is 32.8 Å². The van der Waals surface area contributed by atoms with Gasteiger partial charge in [-0.1, -0.05) is 0 Å². The van der Waals surface area contributed by atoms with Crippen LogP contribution in [0, 0.1) is 11.8 Å². The highest BCUT2D eigenvalue weighted by Crippen LogP contribution is 2.44. The first-order valence-corrected chi connectivity index (χ1v) is 8.30. The number of ether oxygens (including phenoxy) is 1. The second-order valence-corrected chi connectivity index (χ2v) is 6.79. The maximum absolute atomic E-state index is 11.8. The van der Waals surface area contributed by atoms with Crippen molar-refractivity contribution < 1.29 is 9.53 Å². The van der Waals surface area contributed by atoms with Crippen molar-refractivity contribution in [1.82, 2.24) is 9.80 Å². The molecule has 1 heterocycles. The van der Waals surface area contributed by atoms with E-state index in [1.165, 1.54) is 32.5 Å². The van der Waals surface area contributed by atoms with Crippen LogP contribution in [0.3, 0.4) is 0 Å². The lowest BCUT2D eigenvalue weighted by Crippen LogP contribution is -2.24. The molecule has 1 saturated carbocycles. The minimum Gasteiger partial charge on any atom is -0.494 e. The number of hydrogen-bond donors (Lipinski definition) is 0. The maximum atomic E-state index is 11.8. The molecule has 1 aromatic rings. The first-order chi connectivity index (χ1) is 10.6. The van der Waals surface area contributed by atoms with Gasteiger partial charge in [0.05, 0.1) is 6.61 Å². The van der Waals surface area contributed by atoms with Gasteiger partial charge in [0.2, 0.25) is 0 Å². The molecular weight excluding hydrogens is 276 g/mol. The molecule has 22 heavy (non-hydrogen) atoms. The van der Waals surface area contributed by atoms with Gasteiger partial charge in [0.1, 0.15) is 5.75 Å². The van der Waals surface area contributed by atoms with Crippen LogP contribution in [0.2, 0.25) is 0 Å². The van der Waals surface area contributed by atoms with Crippen molar-refractivity contribution in [2.75, 3.05) is 40.3 Å². The highest BCUT2D eigenvalue weighted by molar-refractivity contribution is 5.93. The number of carbonyl (C=O) groups excluding carboxylic acids is 1. The van der Waals surface area contributed by atoms with Crippen molar-refractivity contribution >= 4 is 5.91 Å². The molecule has 1 aliphatic heterocycles. The van der Waals surface area contributed by atoms with Gasteiger partial charge in [-0.25, -0.2) is 0 Å². The summed E-state index contributed by atoms with van der Waals surface area (Å²) in [6.07, 6.45) is 3.77. The van der Waals surface area contributed by atoms with Crippen LogP contribution in [-0.4, -0.2) is 56.0 Å². The van der Waals surface area contributed by atoms with E-state index in [0.29, 0.717) is 5.56 Å². The number of benzene rings is 1. The molecule has 0 aromatic heterocycles. The minimum absolute atomic E-state index is 0.0233. The number of rotatable bonds is 7. The largest absolute Gasteiger partial charge is 0.494 e. The van der Waals surface area contributed by atoms with E-state index in [2.05, 4.69) is 4.90 Å². The number of amides is 1. The molecule has 2 fully saturated rings. The summed E-state index contributed by atoms with van der Waals surface area (Å²) in [5.41, 5.74) is 0.699. The first kappa shape index (κ1) is 15.3. The number of carbonyl (C=O) groups is 1. The third-order valence-electron chi connectivity index (χ3n) is 4.70. The molecule has 120 valence electrons. The number of likely N-dealkylation sites (tertiary alicyclic amines) is 1. The second-order valence-electron chi connectivity index (χ2n) is 6.79. The predicted octanol–water partition coefficient (Wildman–Crippen LogP) is 2.50. The van der Waals surface area contributed by atoms with Crippen molar-refractivity contribution in [2.24, 2.45) is 11.8 Å². The molecule has 0 bridgehead atoms. The van der Waals surface area contributed by atoms with Gasteiger partial charge in [-0.05, 0) is 61.9 Å². The van der Waals surface area contributed by atoms with Crippen LogP contribution < -0.4 is 4.74 Å². The predicted molar refractivity (Wildman–Crippen MR) is 87.2 cm³/mol. The fourth-order valence-electron chi connectivity index (χ4n) is 3.26. The van der Waals surface area contributed by atoms with E-state index in [4.69, 9.17) is 4.74 Å². The van der Waals surface area contributed by atoms with Crippen LogP contribution in [0.4, 0.5) is 0 Å². The van der Waals surface area contributed by atoms with Crippen LogP contribution in [0.15, 0.2) is 24.3 Å². The van der Waals surface area contributed by atoms with Crippen LogP contribution in [0.25, 0.3) is 0 Å². The molecule has 4 heteroatoms. The molecular formula is C18H26N2O2. The smallest absolute Gasteiger partial charge is 0.253 e. The van der Waals surface area contributed by atoms with Crippen LogP contribution in [0.1, 0.15) is 29.6 Å². The Bertz CT molecular complexity index is 502. The van der Waals surface area contributed by atoms with Gasteiger partial charge >= 0.3 is 0 Å². The van der Waals surface area contributed by atoms with E-state index in [0.717, 1.165) is 30.6 Å². The Kier molecular flexibility index (Phi) is 4.67. The summed E-state index contributed by atoms with van der Waals surface area (Å²) in [7, 11) is 3.52. The third-order valence-corrected chi connectivity index (χ3v) is 4.70. The molecule has 3 rings (SSSR count). The Balaban J connectivity index is 1.32. The molecule has 0 unspecified atom stereocenters. The Labute approximate surface area is 133 Å². The SMILES string of the molecule is CN(C)C(=O)c1ccc(OCCCCN2C[C@H]3C[C@H]3C2)cc1. The van der Waals surface area contributed by atoms with Crippen molar-refractivity contribution in [3.05, 3.63) is 29.8 Å². The molecule has 0 radical (unpaired) electrons. The summed E-state index contributed by atoms with van der Waals surface area (Å²) >= 11 is 0. The standard InChI is InChI=1S/C18H26N2O2/c1-19(2)18(21)14-5-7-17(8-6-14)22-10-4-3-9-20-12-15-11-16(15)13-20/h5-8,15-16H,3-4,9-13H2,1-2H3/t15-,16+. The summed E-state index contributed by atoms with van der Waals surface area (Å²) in [5, 5.41) is 0. The number of piperidine rings is 1. The molecule has 1 saturated heterocycles. The third kappa shape index (κ3) is 3.80. The van der Waals surface area contributed by atoms with Crippen molar-refractivity contribution in [1.29, 1.82) is 0 Å². The zero-order valence-corrected chi connectivity index (χ0v) is 13.6. The Hall–Kier alpha value is -1.55. The summed E-state index contributed by atoms with van der Waals surface area (Å²) in [6.45, 7) is 4.62. The van der Waals surface area contributed by atoms with Crippen LogP contribution in [0.5, 0.6) is 5.75 Å². The number of hydrogen-bond acceptors (Lipinski definition) is 3. The Morgan fingerprint density at radius 2 is 1.86 bits per heavy atom. The van der Waals surface area contributed by atoms with Gasteiger partial charge in [-0.3, -0.25) is 4.79 Å². The average molecular weight is 302 g/mol. The van der Waals surface area contributed by atoms with E-state index in [1.807, 2.05) is 24.3 Å². The molecule has 1 aromatic carbocycles. The van der Waals surface area contributed by atoms with E-state index in [1.54, 1.807) is 19.0 Å². The molecule has 0 N–H and O–H groups in total. The van der Waals surface area contributed by atoms with Crippen molar-refractivity contribution in [3.8, 4) is 5.75 Å². The second kappa shape index (κ2) is 6.69. The summed E-state index contributed by atoms with van der Waals surface area (Å²) in [4.78, 5) is 16.0. The normalized spacial score (nSPS) is 23.2. The molecule has 2 aliphatic rings. The first-order valence-electron chi connectivity index (χ1n) is 8.30. The monoisotopic (exact) mass is 302 g/mol. The van der Waals surface area contributed by atoms with Crippen LogP contribution >= 0.6 is 0 Å². The number of fused-ring (bicyclic) bond motifs is 1. The number of nitrogens with zero attached hydrogens (tertiary/aromatic N) is 2. The minimum atomic E-state index is 0.0233. The molecule has 4 nitrogen and oxygen atoms in total. The van der Waals surface area contributed by atoms with Gasteiger partial charge in [-0.2, -0.15) is 0 Å². The quantitative estimate of drug-likeness (QED) is 0.726. The van der Waals surface area contributed by atoms with E-state index >= 15 is 0 Å². The average Bonchev–Trinajstić information content (AvgIpc) is 3.13. The molecule has 2 atom stereocenters. The maximum Gasteiger partial charge on any atom is 0.253 e. The molecule has 0 spiro atoms. The Morgan fingerprint density at radius 3 is 2.50 bits per heavy atom. The van der Waals surface area contributed by atoms with Gasteiger partial charge < -0.3 is 14.5 Å². The molecule has 1 amide bonds. The summed E-state index contributed by atoms with van der Waals surface area (Å²) in [6, 6.07) is 7.41. The van der Waals surface area contributed by atoms with Crippen molar-refractivity contribution in [3.63, 3.8) is 0 Å². The van der Waals surface area contributed by atoms with E-state index in [-0.39, 0.29) is 5.91 Å². The van der Waals surface area contributed by atoms with Crippen LogP contribution in [-0.2, 0) is 0 Å². The molecule has 1 aliphatic carbocycles. The zero-order chi connectivity index (χ0) is 15.5. The van der Waals surface area contributed by atoms with E-state index < -0.39 is 0 Å². The number of unbranched alkanes of at least 4 members (excludes halogenated alkanes) is 1. The van der Waals surface area contributed by atoms with Gasteiger partial charge in [0, 0.05) is 32.7 Å². The summed E-state index contributed by atoms with van der Waals surface area (Å²) < 4.78 is 5.75. The lowest BCUT2D eigenvalue weighted by Gasteiger charge is -2.17. The van der Waals surface area contributed by atoms with Gasteiger partial charge in [0.25, 0.3) is 5.91 Å². The lowest BCUT2D eigenvalue weighted by molar-refractivity contribution is 0.0827. The van der Waals surface area contributed by atoms with Gasteiger partial charge in [-0.15, -0.1) is 0 Å². The van der Waals surface area contributed by atoms with Gasteiger partial charge in [0.15, 0.2) is 0 Å². The summed E-state index contributed by atoms with van der Waals surface area (Å²) in [5.74, 6) is 2.92.